The number of esters is 1. The van der Waals surface area contributed by atoms with Crippen LogP contribution in [0, 0.1) is 5.92 Å². The summed E-state index contributed by atoms with van der Waals surface area (Å²) in [7, 11) is 0. The maximum atomic E-state index is 11.9. The van der Waals surface area contributed by atoms with E-state index in [9.17, 15) is 4.79 Å². The van der Waals surface area contributed by atoms with E-state index >= 15 is 0 Å². The van der Waals surface area contributed by atoms with Crippen molar-refractivity contribution in [3.63, 3.8) is 0 Å². The number of hydrogen-bond acceptors (Lipinski definition) is 4. The van der Waals surface area contributed by atoms with Crippen molar-refractivity contribution in [2.24, 2.45) is 5.92 Å². The molecule has 19 heavy (non-hydrogen) atoms. The number of hydrogen-bond donors (Lipinski definition) is 1. The van der Waals surface area contributed by atoms with Gasteiger partial charge in [-0.1, -0.05) is 27.7 Å². The predicted molar refractivity (Wildman–Crippen MR) is 80.3 cm³/mol. The van der Waals surface area contributed by atoms with Gasteiger partial charge >= 0.3 is 5.97 Å². The van der Waals surface area contributed by atoms with E-state index in [0.717, 1.165) is 39.0 Å². The molecule has 0 aromatic heterocycles. The maximum absolute atomic E-state index is 11.9. The van der Waals surface area contributed by atoms with E-state index in [0.29, 0.717) is 12.5 Å². The highest BCUT2D eigenvalue weighted by atomic mass is 16.5. The van der Waals surface area contributed by atoms with Crippen molar-refractivity contribution in [3.8, 4) is 0 Å². The van der Waals surface area contributed by atoms with Crippen LogP contribution in [0.15, 0.2) is 0 Å². The Morgan fingerprint density at radius 3 is 2.42 bits per heavy atom. The van der Waals surface area contributed by atoms with Crippen molar-refractivity contribution < 1.29 is 9.53 Å². The molecule has 4 nitrogen and oxygen atoms in total. The first kappa shape index (κ1) is 18.4. The lowest BCUT2D eigenvalue weighted by molar-refractivity contribution is -0.145. The minimum Gasteiger partial charge on any atom is -0.465 e. The van der Waals surface area contributed by atoms with Gasteiger partial charge in [-0.05, 0) is 38.8 Å². The minimum atomic E-state index is -0.166. The Balaban J connectivity index is 4.25. The van der Waals surface area contributed by atoms with Gasteiger partial charge < -0.3 is 15.0 Å². The highest BCUT2D eigenvalue weighted by Crippen LogP contribution is 2.03. The van der Waals surface area contributed by atoms with E-state index in [1.165, 1.54) is 0 Å². The summed E-state index contributed by atoms with van der Waals surface area (Å²) in [5.74, 6) is 0.543. The average molecular weight is 272 g/mol. The molecular formula is C15H32N2O2. The van der Waals surface area contributed by atoms with Crippen LogP contribution in [-0.2, 0) is 9.53 Å². The number of ether oxygens (including phenoxy) is 1. The van der Waals surface area contributed by atoms with E-state index in [1.807, 2.05) is 6.92 Å². The molecule has 1 N–H and O–H groups in total. The second-order valence-electron chi connectivity index (χ2n) is 5.33. The third-order valence-electron chi connectivity index (χ3n) is 3.02. The summed E-state index contributed by atoms with van der Waals surface area (Å²) in [6.07, 6.45) is 1.85. The van der Waals surface area contributed by atoms with Gasteiger partial charge in [0.15, 0.2) is 0 Å². The van der Waals surface area contributed by atoms with E-state index in [2.05, 4.69) is 37.9 Å². The zero-order chi connectivity index (χ0) is 14.7. The summed E-state index contributed by atoms with van der Waals surface area (Å²) in [5, 5.41) is 3.29. The van der Waals surface area contributed by atoms with Gasteiger partial charge in [-0.15, -0.1) is 0 Å². The van der Waals surface area contributed by atoms with Crippen LogP contribution in [-0.4, -0.2) is 49.7 Å². The lowest BCUT2D eigenvalue weighted by Crippen LogP contribution is -2.42. The number of rotatable bonds is 11. The van der Waals surface area contributed by atoms with Crippen LogP contribution in [0.5, 0.6) is 0 Å². The third-order valence-corrected chi connectivity index (χ3v) is 3.02. The molecule has 0 aromatic carbocycles. The van der Waals surface area contributed by atoms with E-state index in [-0.39, 0.29) is 12.0 Å². The fraction of sp³-hybridized carbons (Fsp3) is 0.933. The summed E-state index contributed by atoms with van der Waals surface area (Å²) in [6, 6.07) is -0.166. The molecule has 0 bridgehead atoms. The standard InChI is InChI=1S/C15H32N2O2/c1-6-10-16-14(15(18)19-8-3)9-11-17(7-2)12-13(4)5/h13-14,16H,6-12H2,1-5H3. The van der Waals surface area contributed by atoms with Crippen LogP contribution in [0.2, 0.25) is 0 Å². The van der Waals surface area contributed by atoms with Gasteiger partial charge in [0.2, 0.25) is 0 Å². The molecule has 0 saturated heterocycles. The van der Waals surface area contributed by atoms with Gasteiger partial charge in [0.05, 0.1) is 6.61 Å². The van der Waals surface area contributed by atoms with Crippen molar-refractivity contribution in [2.45, 2.75) is 53.5 Å². The van der Waals surface area contributed by atoms with Crippen LogP contribution in [0.1, 0.15) is 47.5 Å². The molecule has 0 aliphatic rings. The summed E-state index contributed by atoms with van der Waals surface area (Å²) < 4.78 is 5.13. The molecule has 0 amide bonds. The second kappa shape index (κ2) is 11.2. The normalized spacial score (nSPS) is 13.0. The first-order valence-corrected chi connectivity index (χ1v) is 7.67. The molecule has 1 unspecified atom stereocenters. The Labute approximate surface area is 118 Å². The Morgan fingerprint density at radius 1 is 1.26 bits per heavy atom. The molecule has 114 valence electrons. The lowest BCUT2D eigenvalue weighted by atomic mass is 10.1. The summed E-state index contributed by atoms with van der Waals surface area (Å²) in [5.41, 5.74) is 0. The van der Waals surface area contributed by atoms with Gasteiger partial charge in [-0.2, -0.15) is 0 Å². The Morgan fingerprint density at radius 2 is 1.95 bits per heavy atom. The highest BCUT2D eigenvalue weighted by molar-refractivity contribution is 5.75. The summed E-state index contributed by atoms with van der Waals surface area (Å²) in [4.78, 5) is 14.3. The van der Waals surface area contributed by atoms with E-state index < -0.39 is 0 Å². The smallest absolute Gasteiger partial charge is 0.323 e. The van der Waals surface area contributed by atoms with Crippen LogP contribution < -0.4 is 5.32 Å². The van der Waals surface area contributed by atoms with Crippen molar-refractivity contribution >= 4 is 5.97 Å². The largest absolute Gasteiger partial charge is 0.465 e. The summed E-state index contributed by atoms with van der Waals surface area (Å²) in [6.45, 7) is 14.9. The van der Waals surface area contributed by atoms with Gasteiger partial charge in [0.1, 0.15) is 6.04 Å². The zero-order valence-corrected chi connectivity index (χ0v) is 13.4. The fourth-order valence-electron chi connectivity index (χ4n) is 2.07. The van der Waals surface area contributed by atoms with Crippen molar-refractivity contribution in [1.29, 1.82) is 0 Å². The molecule has 0 spiro atoms. The number of nitrogens with zero attached hydrogens (tertiary/aromatic N) is 1. The molecular weight excluding hydrogens is 240 g/mol. The molecule has 0 aliphatic carbocycles. The molecule has 0 aliphatic heterocycles. The van der Waals surface area contributed by atoms with Crippen molar-refractivity contribution in [1.82, 2.24) is 10.2 Å². The lowest BCUT2D eigenvalue weighted by Gasteiger charge is -2.25. The SMILES string of the molecule is CCCNC(CCN(CC)CC(C)C)C(=O)OCC. The molecule has 0 aromatic rings. The van der Waals surface area contributed by atoms with Gasteiger partial charge in [-0.3, -0.25) is 4.79 Å². The van der Waals surface area contributed by atoms with Crippen LogP contribution >= 0.6 is 0 Å². The van der Waals surface area contributed by atoms with Gasteiger partial charge in [0.25, 0.3) is 0 Å². The molecule has 4 heteroatoms. The van der Waals surface area contributed by atoms with Gasteiger partial charge in [0, 0.05) is 13.1 Å². The number of carbonyl (C=O) groups excluding carboxylic acids is 1. The van der Waals surface area contributed by atoms with Crippen molar-refractivity contribution in [2.75, 3.05) is 32.8 Å². The van der Waals surface area contributed by atoms with E-state index in [4.69, 9.17) is 4.74 Å². The molecule has 0 saturated carbocycles. The number of carbonyl (C=O) groups is 1. The minimum absolute atomic E-state index is 0.114. The molecule has 0 radical (unpaired) electrons. The second-order valence-corrected chi connectivity index (χ2v) is 5.33. The Hall–Kier alpha value is -0.610. The molecule has 0 rings (SSSR count). The monoisotopic (exact) mass is 272 g/mol. The van der Waals surface area contributed by atoms with Crippen LogP contribution in [0.4, 0.5) is 0 Å². The van der Waals surface area contributed by atoms with Crippen molar-refractivity contribution in [3.05, 3.63) is 0 Å². The van der Waals surface area contributed by atoms with Gasteiger partial charge in [-0.25, -0.2) is 0 Å². The predicted octanol–water partition coefficient (Wildman–Crippen LogP) is 2.29. The Kier molecular flexibility index (Phi) is 10.9. The molecule has 1 atom stereocenters. The van der Waals surface area contributed by atoms with Crippen LogP contribution in [0.3, 0.4) is 0 Å². The van der Waals surface area contributed by atoms with Crippen LogP contribution in [0.25, 0.3) is 0 Å². The fourth-order valence-corrected chi connectivity index (χ4v) is 2.07. The quantitative estimate of drug-likeness (QED) is 0.586. The highest BCUT2D eigenvalue weighted by Gasteiger charge is 2.19. The number of nitrogens with one attached hydrogen (secondary N) is 1. The first-order valence-electron chi connectivity index (χ1n) is 7.67. The average Bonchev–Trinajstić information content (AvgIpc) is 2.37. The maximum Gasteiger partial charge on any atom is 0.323 e. The first-order chi connectivity index (χ1) is 9.04. The van der Waals surface area contributed by atoms with E-state index in [1.54, 1.807) is 0 Å². The molecule has 0 heterocycles. The zero-order valence-electron chi connectivity index (χ0n) is 13.4. The topological polar surface area (TPSA) is 41.6 Å². The molecule has 0 fully saturated rings. The third kappa shape index (κ3) is 9.00. The Bertz CT molecular complexity index is 232. The summed E-state index contributed by atoms with van der Waals surface area (Å²) >= 11 is 0.